The van der Waals surface area contributed by atoms with E-state index in [2.05, 4.69) is 143 Å². The molecule has 0 spiro atoms. The summed E-state index contributed by atoms with van der Waals surface area (Å²) in [6, 6.07) is 51.6. The van der Waals surface area contributed by atoms with Gasteiger partial charge in [0.1, 0.15) is 16.7 Å². The zero-order chi connectivity index (χ0) is 29.9. The van der Waals surface area contributed by atoms with Crippen molar-refractivity contribution < 1.29 is 8.83 Å². The Kier molecular flexibility index (Phi) is 4.55. The third kappa shape index (κ3) is 3.07. The number of aromatic nitrogens is 2. The van der Waals surface area contributed by atoms with Crippen LogP contribution in [0, 0.1) is 0 Å². The first kappa shape index (κ1) is 24.1. The van der Waals surface area contributed by atoms with Crippen LogP contribution in [0.2, 0.25) is 0 Å². The highest BCUT2D eigenvalue weighted by Gasteiger charge is 2.21. The van der Waals surface area contributed by atoms with Crippen LogP contribution in [0.1, 0.15) is 0 Å². The summed E-state index contributed by atoms with van der Waals surface area (Å²) in [7, 11) is 0. The zero-order valence-electron chi connectivity index (χ0n) is 24.6. The molecule has 7 aromatic carbocycles. The van der Waals surface area contributed by atoms with Crippen molar-refractivity contribution in [2.75, 3.05) is 0 Å². The van der Waals surface area contributed by atoms with Crippen molar-refractivity contribution in [3.05, 3.63) is 146 Å². The monoisotopic (exact) mass is 588 g/mol. The van der Waals surface area contributed by atoms with Gasteiger partial charge in [0.15, 0.2) is 5.58 Å². The van der Waals surface area contributed by atoms with Gasteiger partial charge in [-0.05, 0) is 60.7 Å². The molecule has 0 aliphatic rings. The maximum absolute atomic E-state index is 6.87. The topological polar surface area (TPSA) is 36.1 Å². The number of nitrogens with zero attached hydrogens (tertiary/aromatic N) is 2. The van der Waals surface area contributed by atoms with E-state index in [1.807, 2.05) is 12.1 Å². The van der Waals surface area contributed by atoms with Gasteiger partial charge in [-0.15, -0.1) is 0 Å². The first-order valence-corrected chi connectivity index (χ1v) is 15.6. The molecule has 0 fully saturated rings. The highest BCUT2D eigenvalue weighted by molar-refractivity contribution is 6.20. The van der Waals surface area contributed by atoms with Crippen LogP contribution in [0.4, 0.5) is 0 Å². The molecule has 0 bridgehead atoms. The van der Waals surface area contributed by atoms with Crippen molar-refractivity contribution in [1.82, 2.24) is 9.13 Å². The van der Waals surface area contributed by atoms with Crippen molar-refractivity contribution in [1.29, 1.82) is 0 Å². The first-order chi connectivity index (χ1) is 22.8. The summed E-state index contributed by atoms with van der Waals surface area (Å²) < 4.78 is 17.9. The Morgan fingerprint density at radius 3 is 1.65 bits per heavy atom. The van der Waals surface area contributed by atoms with Gasteiger partial charge in [0.25, 0.3) is 0 Å². The quantitative estimate of drug-likeness (QED) is 0.201. The van der Waals surface area contributed by atoms with E-state index in [0.717, 1.165) is 71.7 Å². The molecule has 0 saturated heterocycles. The Morgan fingerprint density at radius 2 is 0.891 bits per heavy atom. The Morgan fingerprint density at radius 1 is 0.326 bits per heavy atom. The molecule has 0 atom stereocenters. The van der Waals surface area contributed by atoms with Crippen LogP contribution in [0.15, 0.2) is 154 Å². The molecule has 4 heterocycles. The lowest BCUT2D eigenvalue weighted by atomic mass is 10.1. The van der Waals surface area contributed by atoms with Gasteiger partial charge < -0.3 is 18.0 Å². The maximum Gasteiger partial charge on any atom is 0.159 e. The van der Waals surface area contributed by atoms with E-state index in [9.17, 15) is 0 Å². The molecule has 0 aliphatic heterocycles. The molecule has 11 rings (SSSR count). The molecule has 0 amide bonds. The standard InChI is InChI=1S/C42H24N2O2/c1-2-11-25(12-3-1)43-34-17-7-4-13-26(34)30-24-41-33(22-37(30)43)29-16-10-19-36(42(29)46-41)44-35-18-8-5-14-27(35)31-23-40-32(21-38(31)44)28-15-6-9-20-39(28)45-40/h1-24H. The minimum atomic E-state index is 0.875. The molecule has 0 N–H and O–H groups in total. The minimum Gasteiger partial charge on any atom is -0.456 e. The van der Waals surface area contributed by atoms with Gasteiger partial charge in [0, 0.05) is 48.8 Å². The van der Waals surface area contributed by atoms with Gasteiger partial charge in [-0.25, -0.2) is 0 Å². The summed E-state index contributed by atoms with van der Waals surface area (Å²) in [6.45, 7) is 0. The largest absolute Gasteiger partial charge is 0.456 e. The van der Waals surface area contributed by atoms with Crippen molar-refractivity contribution in [3.63, 3.8) is 0 Å². The van der Waals surface area contributed by atoms with Crippen LogP contribution in [0.5, 0.6) is 0 Å². The lowest BCUT2D eigenvalue weighted by Gasteiger charge is -2.08. The minimum absolute atomic E-state index is 0.875. The molecule has 0 aliphatic carbocycles. The van der Waals surface area contributed by atoms with Crippen molar-refractivity contribution in [2.45, 2.75) is 0 Å². The molecule has 4 heteroatoms. The Labute approximate surface area is 261 Å². The average Bonchev–Trinajstić information content (AvgIpc) is 3.84. The second-order valence-corrected chi connectivity index (χ2v) is 12.1. The summed E-state index contributed by atoms with van der Waals surface area (Å²) in [5.41, 5.74) is 10.3. The molecule has 46 heavy (non-hydrogen) atoms. The first-order valence-electron chi connectivity index (χ1n) is 15.6. The molecular weight excluding hydrogens is 564 g/mol. The predicted octanol–water partition coefficient (Wildman–Crippen LogP) is 11.7. The van der Waals surface area contributed by atoms with Gasteiger partial charge in [0.05, 0.1) is 27.8 Å². The number of rotatable bonds is 2. The van der Waals surface area contributed by atoms with E-state index in [1.165, 1.54) is 27.2 Å². The molecule has 0 radical (unpaired) electrons. The van der Waals surface area contributed by atoms with Crippen LogP contribution in [-0.2, 0) is 0 Å². The number of hydrogen-bond donors (Lipinski definition) is 0. The number of benzene rings is 7. The Balaban J connectivity index is 1.25. The smallest absolute Gasteiger partial charge is 0.159 e. The van der Waals surface area contributed by atoms with Crippen LogP contribution in [-0.4, -0.2) is 9.13 Å². The van der Waals surface area contributed by atoms with Gasteiger partial charge in [0.2, 0.25) is 0 Å². The van der Waals surface area contributed by atoms with Crippen LogP contribution >= 0.6 is 0 Å². The van der Waals surface area contributed by atoms with Crippen LogP contribution in [0.25, 0.3) is 98.9 Å². The Bertz CT molecular complexity index is 3020. The van der Waals surface area contributed by atoms with Gasteiger partial charge in [-0.1, -0.05) is 84.9 Å². The summed E-state index contributed by atoms with van der Waals surface area (Å²) in [5, 5.41) is 9.16. The second kappa shape index (κ2) is 8.68. The SMILES string of the molecule is c1ccc(-n2c3ccccc3c3cc4oc5c(-n6c7ccccc7c7cc8oc9ccccc9c8cc76)cccc5c4cc32)cc1. The van der Waals surface area contributed by atoms with E-state index in [4.69, 9.17) is 8.83 Å². The zero-order valence-corrected chi connectivity index (χ0v) is 24.6. The van der Waals surface area contributed by atoms with Crippen LogP contribution in [0.3, 0.4) is 0 Å². The van der Waals surface area contributed by atoms with E-state index in [-0.39, 0.29) is 0 Å². The number of hydrogen-bond acceptors (Lipinski definition) is 2. The molecule has 4 aromatic heterocycles. The van der Waals surface area contributed by atoms with Crippen LogP contribution < -0.4 is 0 Å². The van der Waals surface area contributed by atoms with E-state index >= 15 is 0 Å². The van der Waals surface area contributed by atoms with E-state index in [0.29, 0.717) is 0 Å². The van der Waals surface area contributed by atoms with Crippen molar-refractivity contribution >= 4 is 87.5 Å². The fourth-order valence-corrected chi connectivity index (χ4v) is 7.72. The molecule has 0 unspecified atom stereocenters. The van der Waals surface area contributed by atoms with Crippen molar-refractivity contribution in [3.8, 4) is 11.4 Å². The molecular formula is C42H24N2O2. The molecule has 4 nitrogen and oxygen atoms in total. The van der Waals surface area contributed by atoms with Gasteiger partial charge in [-0.2, -0.15) is 0 Å². The fraction of sp³-hybridized carbons (Fsp3) is 0. The van der Waals surface area contributed by atoms with Crippen molar-refractivity contribution in [2.24, 2.45) is 0 Å². The Hall–Kier alpha value is -6.26. The lowest BCUT2D eigenvalue weighted by molar-refractivity contribution is 0.667. The van der Waals surface area contributed by atoms with Gasteiger partial charge in [-0.3, -0.25) is 0 Å². The van der Waals surface area contributed by atoms with E-state index in [1.54, 1.807) is 0 Å². The van der Waals surface area contributed by atoms with E-state index < -0.39 is 0 Å². The normalized spacial score (nSPS) is 12.3. The highest BCUT2D eigenvalue weighted by Crippen LogP contribution is 2.43. The third-order valence-corrected chi connectivity index (χ3v) is 9.70. The third-order valence-electron chi connectivity index (χ3n) is 9.70. The second-order valence-electron chi connectivity index (χ2n) is 12.1. The maximum atomic E-state index is 6.87. The highest BCUT2D eigenvalue weighted by atomic mass is 16.3. The summed E-state index contributed by atoms with van der Waals surface area (Å²) in [6.07, 6.45) is 0. The lowest BCUT2D eigenvalue weighted by Crippen LogP contribution is -1.94. The number of furan rings is 2. The summed E-state index contributed by atoms with van der Waals surface area (Å²) in [5.74, 6) is 0. The number of fused-ring (bicyclic) bond motifs is 12. The molecule has 0 saturated carbocycles. The predicted molar refractivity (Wildman–Crippen MR) is 190 cm³/mol. The fourth-order valence-electron chi connectivity index (χ4n) is 7.72. The van der Waals surface area contributed by atoms with Gasteiger partial charge >= 0.3 is 0 Å². The average molecular weight is 589 g/mol. The number of para-hydroxylation sites is 5. The summed E-state index contributed by atoms with van der Waals surface area (Å²) >= 11 is 0. The molecule has 214 valence electrons. The molecule has 11 aromatic rings. The summed E-state index contributed by atoms with van der Waals surface area (Å²) in [4.78, 5) is 0.